The van der Waals surface area contributed by atoms with Crippen molar-refractivity contribution < 1.29 is 24.4 Å². The first-order valence-electron chi connectivity index (χ1n) is 6.68. The number of hydrogen-bond donors (Lipinski definition) is 1. The first-order valence-corrected chi connectivity index (χ1v) is 6.68. The number of benzene rings is 1. The topological polar surface area (TPSA) is 118 Å². The fourth-order valence-corrected chi connectivity index (χ4v) is 3.20. The number of carbonyl (C=O) groups is 3. The summed E-state index contributed by atoms with van der Waals surface area (Å²) in [5.41, 5.74) is -1.54. The molecule has 1 amide bonds. The van der Waals surface area contributed by atoms with E-state index in [9.17, 15) is 29.6 Å². The maximum Gasteiger partial charge on any atom is 0.337 e. The van der Waals surface area contributed by atoms with E-state index in [1.165, 1.54) is 24.3 Å². The molecule has 114 valence electrons. The molecule has 0 saturated carbocycles. The third-order valence-corrected chi connectivity index (χ3v) is 4.30. The summed E-state index contributed by atoms with van der Waals surface area (Å²) in [5, 5.41) is 20.2. The van der Waals surface area contributed by atoms with Crippen molar-refractivity contribution in [2.75, 3.05) is 0 Å². The molecule has 1 N–H and O–H groups in total. The number of fused-ring (bicyclic) bond motifs is 1. The maximum atomic E-state index is 12.2. The number of Topliss-reactive ketones (excluding diaryl/α,β-unsaturated/α-hetero) is 1. The van der Waals surface area contributed by atoms with Crippen molar-refractivity contribution in [2.45, 2.75) is 30.8 Å². The van der Waals surface area contributed by atoms with E-state index in [1.54, 1.807) is 0 Å². The summed E-state index contributed by atoms with van der Waals surface area (Å²) in [4.78, 5) is 46.9. The predicted molar refractivity (Wildman–Crippen MR) is 72.0 cm³/mol. The van der Waals surface area contributed by atoms with Crippen LogP contribution >= 0.6 is 0 Å². The van der Waals surface area contributed by atoms with Crippen LogP contribution in [0.3, 0.4) is 0 Å². The summed E-state index contributed by atoms with van der Waals surface area (Å²) >= 11 is 0. The molecule has 2 fully saturated rings. The molecule has 0 aliphatic carbocycles. The summed E-state index contributed by atoms with van der Waals surface area (Å²) in [5.74, 6) is -2.19. The number of hydrogen-bond acceptors (Lipinski definition) is 5. The molecule has 8 nitrogen and oxygen atoms in total. The maximum absolute atomic E-state index is 12.2. The molecule has 0 spiro atoms. The SMILES string of the molecule is O=C1CC2CC(=O)C(Cc3ccc([N+](=O)[O-])cc3)(C(=O)O)N12. The number of aliphatic carboxylic acids is 1. The van der Waals surface area contributed by atoms with Crippen LogP contribution in [0.15, 0.2) is 24.3 Å². The highest BCUT2D eigenvalue weighted by Gasteiger charge is 2.64. The van der Waals surface area contributed by atoms with Gasteiger partial charge >= 0.3 is 5.97 Å². The smallest absolute Gasteiger partial charge is 0.337 e. The first-order chi connectivity index (χ1) is 10.4. The Balaban J connectivity index is 1.95. The summed E-state index contributed by atoms with van der Waals surface area (Å²) < 4.78 is 0. The minimum Gasteiger partial charge on any atom is -0.479 e. The van der Waals surface area contributed by atoms with Gasteiger partial charge < -0.3 is 10.0 Å². The lowest BCUT2D eigenvalue weighted by Crippen LogP contribution is -2.65. The van der Waals surface area contributed by atoms with Gasteiger partial charge in [-0.2, -0.15) is 0 Å². The standard InChI is InChI=1S/C14H12N2O6/c17-11-5-10-6-12(18)15(10)14(11,13(19)20)7-8-1-3-9(4-2-8)16(21)22/h1-4,10H,5-7H2,(H,19,20). The number of carboxylic acids is 1. The quantitative estimate of drug-likeness (QED) is 0.375. The Morgan fingerprint density at radius 3 is 2.45 bits per heavy atom. The fourth-order valence-electron chi connectivity index (χ4n) is 3.20. The van der Waals surface area contributed by atoms with Gasteiger partial charge in [-0.05, 0) is 5.56 Å². The first kappa shape index (κ1) is 14.2. The highest BCUT2D eigenvalue weighted by molar-refractivity contribution is 6.15. The molecule has 2 atom stereocenters. The van der Waals surface area contributed by atoms with Gasteiger partial charge in [0.25, 0.3) is 5.69 Å². The highest BCUT2D eigenvalue weighted by atomic mass is 16.6. The predicted octanol–water partition coefficient (Wildman–Crippen LogP) is 0.534. The molecule has 2 saturated heterocycles. The molecule has 0 aromatic heterocycles. The van der Waals surface area contributed by atoms with Crippen LogP contribution in [0.5, 0.6) is 0 Å². The Kier molecular flexibility index (Phi) is 2.98. The zero-order chi connectivity index (χ0) is 16.1. The van der Waals surface area contributed by atoms with Gasteiger partial charge in [0.2, 0.25) is 11.4 Å². The van der Waals surface area contributed by atoms with Crippen LogP contribution in [0, 0.1) is 10.1 Å². The molecule has 3 rings (SSSR count). The number of carboxylic acid groups (broad SMARTS) is 1. The largest absolute Gasteiger partial charge is 0.479 e. The van der Waals surface area contributed by atoms with Crippen LogP contribution in [0.2, 0.25) is 0 Å². The number of β-lactam (4-membered cyclic amide) rings is 1. The van der Waals surface area contributed by atoms with E-state index >= 15 is 0 Å². The van der Waals surface area contributed by atoms with Crippen LogP contribution in [-0.4, -0.2) is 44.2 Å². The van der Waals surface area contributed by atoms with Gasteiger partial charge in [0.15, 0.2) is 5.78 Å². The monoisotopic (exact) mass is 304 g/mol. The van der Waals surface area contributed by atoms with Crippen molar-refractivity contribution in [3.05, 3.63) is 39.9 Å². The summed E-state index contributed by atoms with van der Waals surface area (Å²) in [6.45, 7) is 0. The molecule has 2 heterocycles. The number of carbonyl (C=O) groups excluding carboxylic acids is 2. The number of rotatable bonds is 4. The van der Waals surface area contributed by atoms with Crippen LogP contribution in [0.4, 0.5) is 5.69 Å². The minimum absolute atomic E-state index is 0.0466. The van der Waals surface area contributed by atoms with E-state index < -0.39 is 22.2 Å². The molecule has 0 radical (unpaired) electrons. The van der Waals surface area contributed by atoms with Crippen LogP contribution in [0.25, 0.3) is 0 Å². The van der Waals surface area contributed by atoms with Crippen molar-refractivity contribution in [3.63, 3.8) is 0 Å². The molecule has 22 heavy (non-hydrogen) atoms. The van der Waals surface area contributed by atoms with Gasteiger partial charge in [-0.15, -0.1) is 0 Å². The Hall–Kier alpha value is -2.77. The van der Waals surface area contributed by atoms with Gasteiger partial charge in [-0.25, -0.2) is 4.79 Å². The molecule has 0 bridgehead atoms. The number of amides is 1. The van der Waals surface area contributed by atoms with Crippen LogP contribution in [0.1, 0.15) is 18.4 Å². The Bertz CT molecular complexity index is 698. The Labute approximate surface area is 124 Å². The van der Waals surface area contributed by atoms with Gasteiger partial charge in [0.05, 0.1) is 4.92 Å². The second-order valence-corrected chi connectivity index (χ2v) is 5.51. The molecular weight excluding hydrogens is 292 g/mol. The Morgan fingerprint density at radius 2 is 1.95 bits per heavy atom. The van der Waals surface area contributed by atoms with Crippen molar-refractivity contribution in [3.8, 4) is 0 Å². The second-order valence-electron chi connectivity index (χ2n) is 5.51. The molecule has 2 aliphatic heterocycles. The molecule has 8 heteroatoms. The van der Waals surface area contributed by atoms with E-state index in [0.29, 0.717) is 5.56 Å². The second kappa shape index (κ2) is 4.62. The summed E-state index contributed by atoms with van der Waals surface area (Å²) in [7, 11) is 0. The number of non-ortho nitro benzene ring substituents is 1. The Morgan fingerprint density at radius 1 is 1.32 bits per heavy atom. The molecule has 2 aliphatic rings. The van der Waals surface area contributed by atoms with Crippen LogP contribution in [-0.2, 0) is 20.8 Å². The van der Waals surface area contributed by atoms with Gasteiger partial charge in [0, 0.05) is 37.4 Å². The van der Waals surface area contributed by atoms with E-state index in [1.807, 2.05) is 0 Å². The average Bonchev–Trinajstić information content (AvgIpc) is 2.67. The summed E-state index contributed by atoms with van der Waals surface area (Å²) in [6, 6.07) is 4.98. The third-order valence-electron chi connectivity index (χ3n) is 4.30. The van der Waals surface area contributed by atoms with E-state index in [-0.39, 0.29) is 36.9 Å². The molecular formula is C14H12N2O6. The van der Waals surface area contributed by atoms with Gasteiger partial charge in [0.1, 0.15) is 0 Å². The van der Waals surface area contributed by atoms with Crippen molar-refractivity contribution in [2.24, 2.45) is 0 Å². The number of nitro groups is 1. The highest BCUT2D eigenvalue weighted by Crippen LogP contribution is 2.42. The third kappa shape index (κ3) is 1.80. The molecule has 1 aromatic rings. The zero-order valence-electron chi connectivity index (χ0n) is 11.4. The molecule has 2 unspecified atom stereocenters. The van der Waals surface area contributed by atoms with Crippen molar-refractivity contribution >= 4 is 23.3 Å². The zero-order valence-corrected chi connectivity index (χ0v) is 11.4. The lowest BCUT2D eigenvalue weighted by Gasteiger charge is -2.43. The van der Waals surface area contributed by atoms with E-state index in [2.05, 4.69) is 0 Å². The number of nitrogens with zero attached hydrogens (tertiary/aromatic N) is 2. The fraction of sp³-hybridized carbons (Fsp3) is 0.357. The number of nitro benzene ring substituents is 1. The lowest BCUT2D eigenvalue weighted by molar-refractivity contribution is -0.384. The van der Waals surface area contributed by atoms with Crippen LogP contribution < -0.4 is 0 Å². The normalized spacial score (nSPS) is 26.5. The van der Waals surface area contributed by atoms with Crippen molar-refractivity contribution in [1.29, 1.82) is 0 Å². The lowest BCUT2D eigenvalue weighted by atomic mass is 9.86. The molecule has 1 aromatic carbocycles. The van der Waals surface area contributed by atoms with E-state index in [4.69, 9.17) is 0 Å². The van der Waals surface area contributed by atoms with Gasteiger partial charge in [-0.3, -0.25) is 19.7 Å². The minimum atomic E-state index is -1.88. The summed E-state index contributed by atoms with van der Waals surface area (Å²) in [6.07, 6.45) is 0.0630. The number of ketones is 1. The van der Waals surface area contributed by atoms with E-state index in [0.717, 1.165) is 4.90 Å². The van der Waals surface area contributed by atoms with Gasteiger partial charge in [-0.1, -0.05) is 12.1 Å². The average molecular weight is 304 g/mol. The van der Waals surface area contributed by atoms with Crippen molar-refractivity contribution in [1.82, 2.24) is 4.90 Å².